The van der Waals surface area contributed by atoms with Crippen LogP contribution in [0.1, 0.15) is 17.4 Å². The van der Waals surface area contributed by atoms with E-state index in [1.165, 1.54) is 11.8 Å². The number of ether oxygens (including phenoxy) is 1. The monoisotopic (exact) mass is 433 g/mol. The second kappa shape index (κ2) is 8.30. The minimum Gasteiger partial charge on any atom is -0.448 e. The Bertz CT molecular complexity index is 1170. The van der Waals surface area contributed by atoms with Crippen molar-refractivity contribution in [3.63, 3.8) is 0 Å². The molecule has 4 aromatic rings. The molecular weight excluding hydrogens is 418 g/mol. The van der Waals surface area contributed by atoms with Crippen LogP contribution >= 0.6 is 23.4 Å². The van der Waals surface area contributed by atoms with E-state index in [0.717, 1.165) is 22.4 Å². The van der Waals surface area contributed by atoms with Crippen molar-refractivity contribution in [2.24, 2.45) is 0 Å². The van der Waals surface area contributed by atoms with Crippen LogP contribution in [0.3, 0.4) is 0 Å². The zero-order chi connectivity index (χ0) is 20.3. The molecule has 1 N–H and O–H groups in total. The number of halogens is 1. The van der Waals surface area contributed by atoms with Crippen molar-refractivity contribution in [2.45, 2.75) is 17.1 Å². The summed E-state index contributed by atoms with van der Waals surface area (Å²) in [6.45, 7) is 0. The summed E-state index contributed by atoms with van der Waals surface area (Å²) < 4.78 is 6.25. The molecule has 3 heterocycles. The number of para-hydroxylation sites is 1. The van der Waals surface area contributed by atoms with Gasteiger partial charge in [0.05, 0.1) is 0 Å². The topological polar surface area (TPSA) is 72.8 Å². The first-order valence-corrected chi connectivity index (χ1v) is 10.7. The Labute approximate surface area is 182 Å². The van der Waals surface area contributed by atoms with E-state index in [2.05, 4.69) is 25.5 Å². The molecule has 1 atom stereocenters. The zero-order valence-electron chi connectivity index (χ0n) is 15.7. The molecule has 0 saturated heterocycles. The van der Waals surface area contributed by atoms with Gasteiger partial charge < -0.3 is 10.1 Å². The maximum atomic E-state index is 6.25. The van der Waals surface area contributed by atoms with E-state index in [1.54, 1.807) is 12.4 Å². The van der Waals surface area contributed by atoms with Crippen molar-refractivity contribution >= 4 is 29.1 Å². The highest BCUT2D eigenvalue weighted by Crippen LogP contribution is 2.39. The van der Waals surface area contributed by atoms with Crippen LogP contribution < -0.4 is 10.1 Å². The summed E-state index contributed by atoms with van der Waals surface area (Å²) in [5.41, 5.74) is 4.51. The smallest absolute Gasteiger partial charge is 0.247 e. The van der Waals surface area contributed by atoms with Crippen molar-refractivity contribution in [1.82, 2.24) is 20.2 Å². The highest BCUT2D eigenvalue weighted by molar-refractivity contribution is 7.98. The molecule has 0 bridgehead atoms. The first-order valence-electron chi connectivity index (χ1n) is 9.31. The molecule has 2 aromatic carbocycles. The molecule has 0 fully saturated rings. The second-order valence-electron chi connectivity index (χ2n) is 6.63. The number of nitrogens with zero attached hydrogens (tertiary/aromatic N) is 4. The average molecular weight is 434 g/mol. The van der Waals surface area contributed by atoms with Crippen molar-refractivity contribution in [1.29, 1.82) is 0 Å². The van der Waals surface area contributed by atoms with E-state index in [9.17, 15) is 0 Å². The normalized spacial score (nSPS) is 14.6. The van der Waals surface area contributed by atoms with Crippen LogP contribution in [0.4, 0.5) is 5.69 Å². The van der Waals surface area contributed by atoms with Crippen molar-refractivity contribution in [3.05, 3.63) is 89.2 Å². The minimum absolute atomic E-state index is 0.416. The van der Waals surface area contributed by atoms with Gasteiger partial charge in [0.1, 0.15) is 0 Å². The lowest BCUT2D eigenvalue weighted by atomic mass is 10.1. The number of rotatable bonds is 4. The highest BCUT2D eigenvalue weighted by atomic mass is 35.5. The zero-order valence-corrected chi connectivity index (χ0v) is 17.3. The summed E-state index contributed by atoms with van der Waals surface area (Å²) in [7, 11) is 0. The predicted molar refractivity (Wildman–Crippen MR) is 118 cm³/mol. The van der Waals surface area contributed by atoms with Crippen LogP contribution in [0.2, 0.25) is 5.02 Å². The van der Waals surface area contributed by atoms with Gasteiger partial charge >= 0.3 is 0 Å². The molecule has 30 heavy (non-hydrogen) atoms. The fourth-order valence-electron chi connectivity index (χ4n) is 3.13. The number of nitrogens with one attached hydrogen (secondary N) is 1. The van der Waals surface area contributed by atoms with Crippen LogP contribution in [0.15, 0.2) is 78.2 Å². The number of hydrogen-bond donors (Lipinski definition) is 1. The van der Waals surface area contributed by atoms with Crippen molar-refractivity contribution < 1.29 is 4.74 Å². The van der Waals surface area contributed by atoms with Crippen LogP contribution in [0.25, 0.3) is 11.3 Å². The predicted octanol–water partition coefficient (Wildman–Crippen LogP) is 5.38. The fraction of sp³-hybridized carbons (Fsp3) is 0.0909. The largest absolute Gasteiger partial charge is 0.448 e. The van der Waals surface area contributed by atoms with E-state index in [4.69, 9.17) is 16.3 Å². The molecule has 0 spiro atoms. The SMILES string of the molecule is Clc1ccc(CSc2nnc3c(n2)O[C@@H](c2ccncc2)Nc2ccccc2-3)cc1. The summed E-state index contributed by atoms with van der Waals surface area (Å²) in [6, 6.07) is 19.5. The quantitative estimate of drug-likeness (QED) is 0.433. The number of hydrogen-bond acceptors (Lipinski definition) is 7. The third kappa shape index (κ3) is 3.94. The van der Waals surface area contributed by atoms with Gasteiger partial charge in [-0.15, -0.1) is 10.2 Å². The summed E-state index contributed by atoms with van der Waals surface area (Å²) in [5.74, 6) is 1.16. The number of fused-ring (bicyclic) bond motifs is 3. The van der Waals surface area contributed by atoms with Crippen LogP contribution in [0, 0.1) is 0 Å². The number of anilines is 1. The molecule has 1 aliphatic heterocycles. The van der Waals surface area contributed by atoms with Crippen molar-refractivity contribution in [3.8, 4) is 17.1 Å². The lowest BCUT2D eigenvalue weighted by Crippen LogP contribution is -2.17. The Hall–Kier alpha value is -3.16. The molecule has 2 aromatic heterocycles. The maximum Gasteiger partial charge on any atom is 0.247 e. The summed E-state index contributed by atoms with van der Waals surface area (Å²) >= 11 is 7.46. The van der Waals surface area contributed by atoms with Crippen molar-refractivity contribution in [2.75, 3.05) is 5.32 Å². The first-order chi connectivity index (χ1) is 14.8. The van der Waals surface area contributed by atoms with Gasteiger partial charge in [-0.1, -0.05) is 53.7 Å². The second-order valence-corrected chi connectivity index (χ2v) is 8.01. The molecule has 0 aliphatic carbocycles. The van der Waals surface area contributed by atoms with Crippen LogP contribution in [-0.4, -0.2) is 20.2 Å². The van der Waals surface area contributed by atoms with Gasteiger partial charge in [-0.25, -0.2) is 0 Å². The Morgan fingerprint density at radius 2 is 1.77 bits per heavy atom. The molecule has 0 unspecified atom stereocenters. The Kier molecular flexibility index (Phi) is 5.21. The minimum atomic E-state index is -0.416. The van der Waals surface area contributed by atoms with E-state index in [-0.39, 0.29) is 0 Å². The molecular formula is C22H16ClN5OS. The third-order valence-electron chi connectivity index (χ3n) is 4.62. The van der Waals surface area contributed by atoms with Crippen LogP contribution in [0.5, 0.6) is 5.88 Å². The molecule has 148 valence electrons. The van der Waals surface area contributed by atoms with Gasteiger partial charge in [-0.3, -0.25) is 4.98 Å². The summed E-state index contributed by atoms with van der Waals surface area (Å²) in [5, 5.41) is 13.5. The van der Waals surface area contributed by atoms with Gasteiger partial charge in [0.25, 0.3) is 0 Å². The lowest BCUT2D eigenvalue weighted by Gasteiger charge is -2.19. The molecule has 8 heteroatoms. The standard InChI is InChI=1S/C22H16ClN5OS/c23-16-7-5-14(6-8-16)13-30-22-26-21-19(27-28-22)17-3-1-2-4-18(17)25-20(29-21)15-9-11-24-12-10-15/h1-12,20,25H,13H2/t20-/m0/s1. The van der Waals surface area contributed by atoms with Crippen LogP contribution in [-0.2, 0) is 5.75 Å². The maximum absolute atomic E-state index is 6.25. The fourth-order valence-corrected chi connectivity index (χ4v) is 3.99. The average Bonchev–Trinajstić information content (AvgIpc) is 2.96. The van der Waals surface area contributed by atoms with Gasteiger partial charge in [0.2, 0.25) is 11.0 Å². The van der Waals surface area contributed by atoms with E-state index < -0.39 is 6.23 Å². The number of pyridine rings is 1. The summed E-state index contributed by atoms with van der Waals surface area (Å²) in [6.07, 6.45) is 3.06. The molecule has 0 saturated carbocycles. The molecule has 6 nitrogen and oxygen atoms in total. The molecule has 5 rings (SSSR count). The highest BCUT2D eigenvalue weighted by Gasteiger charge is 2.25. The summed E-state index contributed by atoms with van der Waals surface area (Å²) in [4.78, 5) is 8.76. The van der Waals surface area contributed by atoms with E-state index >= 15 is 0 Å². The Morgan fingerprint density at radius 1 is 0.967 bits per heavy atom. The van der Waals surface area contributed by atoms with E-state index in [0.29, 0.717) is 27.5 Å². The molecule has 0 radical (unpaired) electrons. The molecule has 0 amide bonds. The van der Waals surface area contributed by atoms with E-state index in [1.807, 2.05) is 60.7 Å². The first kappa shape index (κ1) is 18.8. The molecule has 1 aliphatic rings. The van der Waals surface area contributed by atoms with Gasteiger partial charge in [-0.05, 0) is 35.9 Å². The number of aromatic nitrogens is 4. The number of benzene rings is 2. The Balaban J connectivity index is 1.48. The van der Waals surface area contributed by atoms with Gasteiger partial charge in [0.15, 0.2) is 11.9 Å². The Morgan fingerprint density at radius 3 is 2.60 bits per heavy atom. The lowest BCUT2D eigenvalue weighted by molar-refractivity contribution is 0.225. The van der Waals surface area contributed by atoms with Gasteiger partial charge in [0, 0.05) is 40.0 Å². The van der Waals surface area contributed by atoms with Gasteiger partial charge in [-0.2, -0.15) is 4.98 Å². The third-order valence-corrected chi connectivity index (χ3v) is 5.78. The number of thioether (sulfide) groups is 1.